The van der Waals surface area contributed by atoms with Crippen LogP contribution in [0.3, 0.4) is 0 Å². The molecule has 2 aromatic carbocycles. The molecular formula is C21H21N3O2S. The molecule has 4 rings (SSSR count). The van der Waals surface area contributed by atoms with E-state index in [0.29, 0.717) is 5.75 Å². The highest BCUT2D eigenvalue weighted by molar-refractivity contribution is 7.99. The normalized spacial score (nSPS) is 12.9. The maximum absolute atomic E-state index is 12.7. The van der Waals surface area contributed by atoms with Crippen LogP contribution in [0.25, 0.3) is 11.3 Å². The first kappa shape index (κ1) is 17.7. The first-order chi connectivity index (χ1) is 13.2. The smallest absolute Gasteiger partial charge is 0.237 e. The van der Waals surface area contributed by atoms with Crippen molar-refractivity contribution in [3.05, 3.63) is 60.3 Å². The Bertz CT molecular complexity index is 966. The van der Waals surface area contributed by atoms with Crippen molar-refractivity contribution in [3.8, 4) is 17.0 Å². The minimum atomic E-state index is 0.124. The number of hydrogen-bond acceptors (Lipinski definition) is 4. The lowest BCUT2D eigenvalue weighted by Crippen LogP contribution is -2.30. The van der Waals surface area contributed by atoms with Crippen molar-refractivity contribution in [3.63, 3.8) is 0 Å². The first-order valence-electron chi connectivity index (χ1n) is 8.84. The Morgan fingerprint density at radius 3 is 2.74 bits per heavy atom. The molecule has 1 amide bonds. The fourth-order valence-corrected chi connectivity index (χ4v) is 4.19. The molecule has 1 aromatic heterocycles. The average molecular weight is 379 g/mol. The van der Waals surface area contributed by atoms with Gasteiger partial charge in [0.15, 0.2) is 5.16 Å². The molecule has 0 saturated heterocycles. The molecule has 0 N–H and O–H groups in total. The number of imidazole rings is 1. The Labute approximate surface area is 163 Å². The summed E-state index contributed by atoms with van der Waals surface area (Å²) in [5.74, 6) is 1.33. The topological polar surface area (TPSA) is 47.4 Å². The number of benzene rings is 2. The summed E-state index contributed by atoms with van der Waals surface area (Å²) < 4.78 is 7.24. The number of para-hydroxylation sites is 1. The van der Waals surface area contributed by atoms with E-state index < -0.39 is 0 Å². The predicted molar refractivity (Wildman–Crippen MR) is 108 cm³/mol. The van der Waals surface area contributed by atoms with Gasteiger partial charge in [-0.25, -0.2) is 4.98 Å². The van der Waals surface area contributed by atoms with Crippen molar-refractivity contribution in [1.29, 1.82) is 0 Å². The Balaban J connectivity index is 1.45. The Kier molecular flexibility index (Phi) is 4.90. The molecule has 0 spiro atoms. The minimum absolute atomic E-state index is 0.124. The lowest BCUT2D eigenvalue weighted by molar-refractivity contribution is -0.116. The summed E-state index contributed by atoms with van der Waals surface area (Å²) in [6.45, 7) is 0.760. The lowest BCUT2D eigenvalue weighted by Gasteiger charge is -2.17. The third kappa shape index (κ3) is 3.45. The van der Waals surface area contributed by atoms with Crippen LogP contribution in [0.15, 0.2) is 59.9 Å². The van der Waals surface area contributed by atoms with Gasteiger partial charge >= 0.3 is 0 Å². The number of methoxy groups -OCH3 is 1. The third-order valence-corrected chi connectivity index (χ3v) is 5.87. The SMILES string of the molecule is COc1ccc(-c2cnc(SCC(=O)N3CCc4ccccc43)n2C)cc1. The lowest BCUT2D eigenvalue weighted by atomic mass is 10.1. The Morgan fingerprint density at radius 2 is 1.96 bits per heavy atom. The van der Waals surface area contributed by atoms with Crippen LogP contribution in [0.5, 0.6) is 5.75 Å². The zero-order valence-corrected chi connectivity index (χ0v) is 16.2. The van der Waals surface area contributed by atoms with Crippen LogP contribution in [0.1, 0.15) is 5.56 Å². The van der Waals surface area contributed by atoms with Crippen LogP contribution in [0.2, 0.25) is 0 Å². The van der Waals surface area contributed by atoms with Crippen LogP contribution in [0, 0.1) is 0 Å². The van der Waals surface area contributed by atoms with E-state index in [-0.39, 0.29) is 5.91 Å². The fraction of sp³-hybridized carbons (Fsp3) is 0.238. The van der Waals surface area contributed by atoms with E-state index >= 15 is 0 Å². The number of carbonyl (C=O) groups excluding carboxylic acids is 1. The molecular weight excluding hydrogens is 358 g/mol. The highest BCUT2D eigenvalue weighted by Crippen LogP contribution is 2.30. The summed E-state index contributed by atoms with van der Waals surface area (Å²) in [4.78, 5) is 19.1. The molecule has 5 nitrogen and oxygen atoms in total. The number of rotatable bonds is 5. The summed E-state index contributed by atoms with van der Waals surface area (Å²) in [6, 6.07) is 16.0. The molecule has 0 fully saturated rings. The molecule has 2 heterocycles. The van der Waals surface area contributed by atoms with E-state index in [4.69, 9.17) is 4.74 Å². The van der Waals surface area contributed by atoms with Crippen molar-refractivity contribution >= 4 is 23.4 Å². The Morgan fingerprint density at radius 1 is 1.19 bits per heavy atom. The van der Waals surface area contributed by atoms with Gasteiger partial charge in [-0.05, 0) is 42.3 Å². The van der Waals surface area contributed by atoms with Crippen LogP contribution in [0.4, 0.5) is 5.69 Å². The summed E-state index contributed by atoms with van der Waals surface area (Å²) >= 11 is 1.48. The first-order valence-corrected chi connectivity index (χ1v) is 9.83. The number of hydrogen-bond donors (Lipinski definition) is 0. The molecule has 0 bridgehead atoms. The van der Waals surface area contributed by atoms with Crippen LogP contribution in [-0.2, 0) is 18.3 Å². The van der Waals surface area contributed by atoms with E-state index in [0.717, 1.165) is 40.8 Å². The van der Waals surface area contributed by atoms with E-state index in [1.54, 1.807) is 7.11 Å². The summed E-state index contributed by atoms with van der Waals surface area (Å²) in [7, 11) is 3.63. The standard InChI is InChI=1S/C21H21N3O2S/c1-23-19(16-7-9-17(26-2)10-8-16)13-22-21(23)27-14-20(25)24-12-11-15-5-3-4-6-18(15)24/h3-10,13H,11-12,14H2,1-2H3. The number of anilines is 1. The maximum atomic E-state index is 12.7. The monoisotopic (exact) mass is 379 g/mol. The van der Waals surface area contributed by atoms with Crippen molar-refractivity contribution < 1.29 is 9.53 Å². The van der Waals surface area contributed by atoms with Gasteiger partial charge in [0, 0.05) is 24.8 Å². The summed E-state index contributed by atoms with van der Waals surface area (Å²) in [6.07, 6.45) is 2.77. The number of carbonyl (C=O) groups is 1. The molecule has 0 aliphatic carbocycles. The van der Waals surface area contributed by atoms with Crippen molar-refractivity contribution in [2.75, 3.05) is 24.3 Å². The highest BCUT2D eigenvalue weighted by atomic mass is 32.2. The van der Waals surface area contributed by atoms with Gasteiger partial charge < -0.3 is 14.2 Å². The third-order valence-electron chi connectivity index (χ3n) is 4.84. The second-order valence-corrected chi connectivity index (χ2v) is 7.37. The molecule has 1 aliphatic heterocycles. The van der Waals surface area contributed by atoms with Gasteiger partial charge in [-0.15, -0.1) is 0 Å². The zero-order chi connectivity index (χ0) is 18.8. The Hall–Kier alpha value is -2.73. The maximum Gasteiger partial charge on any atom is 0.237 e. The molecule has 0 radical (unpaired) electrons. The van der Waals surface area contributed by atoms with Gasteiger partial charge in [0.2, 0.25) is 5.91 Å². The second-order valence-electron chi connectivity index (χ2n) is 6.43. The van der Waals surface area contributed by atoms with Crippen LogP contribution >= 0.6 is 11.8 Å². The summed E-state index contributed by atoms with van der Waals surface area (Å²) in [5.41, 5.74) is 4.37. The van der Waals surface area contributed by atoms with E-state index in [1.165, 1.54) is 17.3 Å². The fourth-order valence-electron chi connectivity index (χ4n) is 3.36. The van der Waals surface area contributed by atoms with Gasteiger partial charge in [0.1, 0.15) is 5.75 Å². The van der Waals surface area contributed by atoms with Crippen LogP contribution in [-0.4, -0.2) is 34.9 Å². The number of ether oxygens (including phenoxy) is 1. The molecule has 0 saturated carbocycles. The molecule has 0 atom stereocenters. The number of aromatic nitrogens is 2. The van der Waals surface area contributed by atoms with E-state index in [9.17, 15) is 4.79 Å². The number of nitrogens with zero attached hydrogens (tertiary/aromatic N) is 3. The van der Waals surface area contributed by atoms with Gasteiger partial charge in [0.25, 0.3) is 0 Å². The molecule has 27 heavy (non-hydrogen) atoms. The molecule has 0 unspecified atom stereocenters. The molecule has 6 heteroatoms. The number of amides is 1. The number of fused-ring (bicyclic) bond motifs is 1. The highest BCUT2D eigenvalue weighted by Gasteiger charge is 2.24. The second kappa shape index (κ2) is 7.48. The number of thioether (sulfide) groups is 1. The van der Waals surface area contributed by atoms with Crippen LogP contribution < -0.4 is 9.64 Å². The molecule has 3 aromatic rings. The predicted octanol–water partition coefficient (Wildman–Crippen LogP) is 3.78. The van der Waals surface area contributed by atoms with Crippen molar-refractivity contribution in [1.82, 2.24) is 9.55 Å². The van der Waals surface area contributed by atoms with Gasteiger partial charge in [0.05, 0.1) is 24.8 Å². The molecule has 1 aliphatic rings. The van der Waals surface area contributed by atoms with Gasteiger partial charge in [-0.1, -0.05) is 30.0 Å². The minimum Gasteiger partial charge on any atom is -0.497 e. The van der Waals surface area contributed by atoms with Gasteiger partial charge in [-0.2, -0.15) is 0 Å². The summed E-state index contributed by atoms with van der Waals surface area (Å²) in [5, 5.41) is 0.835. The van der Waals surface area contributed by atoms with E-state index in [2.05, 4.69) is 11.1 Å². The van der Waals surface area contributed by atoms with E-state index in [1.807, 2.05) is 65.2 Å². The average Bonchev–Trinajstić information content (AvgIpc) is 3.30. The largest absolute Gasteiger partial charge is 0.497 e. The van der Waals surface area contributed by atoms with Gasteiger partial charge in [-0.3, -0.25) is 4.79 Å². The quantitative estimate of drug-likeness (QED) is 0.633. The molecule has 138 valence electrons. The van der Waals surface area contributed by atoms with Crippen molar-refractivity contribution in [2.24, 2.45) is 7.05 Å². The van der Waals surface area contributed by atoms with Crippen molar-refractivity contribution in [2.45, 2.75) is 11.6 Å². The zero-order valence-electron chi connectivity index (χ0n) is 15.4.